The second kappa shape index (κ2) is 8.76. The van der Waals surface area contributed by atoms with E-state index in [4.69, 9.17) is 0 Å². The van der Waals surface area contributed by atoms with Crippen molar-refractivity contribution in [3.8, 4) is 11.3 Å². The Morgan fingerprint density at radius 1 is 1.15 bits per heavy atom. The fraction of sp³-hybridized carbons (Fsp3) is 0.238. The summed E-state index contributed by atoms with van der Waals surface area (Å²) >= 11 is 4.94. The van der Waals surface area contributed by atoms with E-state index >= 15 is 0 Å². The number of benzene rings is 2. The number of thiazole rings is 1. The monoisotopic (exact) mass is 446 g/mol. The molecule has 0 fully saturated rings. The van der Waals surface area contributed by atoms with Gasteiger partial charge in [0, 0.05) is 15.9 Å². The molecule has 0 N–H and O–H groups in total. The molecule has 1 heterocycles. The van der Waals surface area contributed by atoms with Gasteiger partial charge in [0.15, 0.2) is 4.80 Å². The number of hydrogen-bond acceptors (Lipinski definition) is 2. The minimum Gasteiger partial charge on any atom is -0.316 e. The molecule has 0 radical (unpaired) electrons. The number of aryl methyl sites for hydroxylation is 1. The molecule has 0 aliphatic carbocycles. The molecule has 27 heavy (non-hydrogen) atoms. The summed E-state index contributed by atoms with van der Waals surface area (Å²) < 4.78 is 16.1. The van der Waals surface area contributed by atoms with E-state index in [2.05, 4.69) is 27.8 Å². The Kier molecular flexibility index (Phi) is 6.39. The van der Waals surface area contributed by atoms with Crippen molar-refractivity contribution >= 4 is 33.2 Å². The lowest BCUT2D eigenvalue weighted by atomic mass is 10.1. The van der Waals surface area contributed by atoms with Crippen LogP contribution in [-0.2, 0) is 13.0 Å². The highest BCUT2D eigenvalue weighted by atomic mass is 79.9. The molecule has 3 nitrogen and oxygen atoms in total. The van der Waals surface area contributed by atoms with Crippen molar-refractivity contribution < 1.29 is 9.18 Å². The summed E-state index contributed by atoms with van der Waals surface area (Å²) in [5.74, 6) is -0.539. The number of carbonyl (C=O) groups excluding carboxylic acids is 1. The Morgan fingerprint density at radius 2 is 1.85 bits per heavy atom. The molecule has 0 spiro atoms. The van der Waals surface area contributed by atoms with Crippen molar-refractivity contribution in [1.29, 1.82) is 0 Å². The third-order valence-corrected chi connectivity index (χ3v) is 6.02. The van der Waals surface area contributed by atoms with Gasteiger partial charge in [-0.2, -0.15) is 4.99 Å². The van der Waals surface area contributed by atoms with E-state index < -0.39 is 0 Å². The van der Waals surface area contributed by atoms with Crippen LogP contribution in [-0.4, -0.2) is 10.5 Å². The first-order chi connectivity index (χ1) is 13.0. The van der Waals surface area contributed by atoms with Crippen molar-refractivity contribution in [2.45, 2.75) is 33.2 Å². The van der Waals surface area contributed by atoms with E-state index in [1.807, 2.05) is 29.7 Å². The molecule has 6 heteroatoms. The van der Waals surface area contributed by atoms with E-state index in [1.165, 1.54) is 23.5 Å². The van der Waals surface area contributed by atoms with E-state index in [9.17, 15) is 9.18 Å². The minimum absolute atomic E-state index is 0.261. The Labute approximate surface area is 170 Å². The number of amides is 1. The number of nitrogens with zero attached hydrogens (tertiary/aromatic N) is 2. The zero-order valence-electron chi connectivity index (χ0n) is 15.2. The lowest BCUT2D eigenvalue weighted by Gasteiger charge is -2.09. The molecular formula is C21H20BrFN2OS. The molecule has 3 rings (SSSR count). The van der Waals surface area contributed by atoms with Gasteiger partial charge in [0.05, 0.1) is 11.3 Å². The summed E-state index contributed by atoms with van der Waals surface area (Å²) in [6.45, 7) is 4.82. The average molecular weight is 447 g/mol. The molecule has 2 aromatic carbocycles. The molecular weight excluding hydrogens is 427 g/mol. The van der Waals surface area contributed by atoms with Crippen LogP contribution in [0.2, 0.25) is 0 Å². The zero-order chi connectivity index (χ0) is 19.4. The first kappa shape index (κ1) is 19.7. The smallest absolute Gasteiger partial charge is 0.280 e. The molecule has 0 bridgehead atoms. The number of aromatic nitrogens is 1. The fourth-order valence-corrected chi connectivity index (χ4v) is 4.70. The maximum absolute atomic E-state index is 13.4. The van der Waals surface area contributed by atoms with Crippen molar-refractivity contribution in [3.63, 3.8) is 0 Å². The molecule has 3 aromatic rings. The predicted molar refractivity (Wildman–Crippen MR) is 111 cm³/mol. The fourth-order valence-electron chi connectivity index (χ4n) is 2.94. The predicted octanol–water partition coefficient (Wildman–Crippen LogP) is 5.83. The maximum Gasteiger partial charge on any atom is 0.280 e. The van der Waals surface area contributed by atoms with Crippen molar-refractivity contribution in [3.05, 3.63) is 74.1 Å². The first-order valence-corrected chi connectivity index (χ1v) is 10.5. The zero-order valence-corrected chi connectivity index (χ0v) is 17.6. The van der Waals surface area contributed by atoms with E-state index in [-0.39, 0.29) is 11.7 Å². The third kappa shape index (κ3) is 4.28. The van der Waals surface area contributed by atoms with Crippen LogP contribution in [0.3, 0.4) is 0 Å². The van der Waals surface area contributed by atoms with Crippen LogP contribution in [0.25, 0.3) is 11.3 Å². The van der Waals surface area contributed by atoms with E-state index in [0.29, 0.717) is 16.9 Å². The molecule has 0 atom stereocenters. The lowest BCUT2D eigenvalue weighted by Crippen LogP contribution is -2.17. The van der Waals surface area contributed by atoms with E-state index in [1.54, 1.807) is 18.2 Å². The van der Waals surface area contributed by atoms with Crippen LogP contribution in [0.5, 0.6) is 0 Å². The normalized spacial score (nSPS) is 11.8. The molecule has 0 unspecified atom stereocenters. The molecule has 1 aromatic heterocycles. The van der Waals surface area contributed by atoms with Crippen molar-refractivity contribution in [2.75, 3.05) is 0 Å². The molecule has 1 amide bonds. The van der Waals surface area contributed by atoms with E-state index in [0.717, 1.165) is 33.4 Å². The Morgan fingerprint density at radius 3 is 2.48 bits per heavy atom. The lowest BCUT2D eigenvalue weighted by molar-refractivity contribution is 0.0997. The van der Waals surface area contributed by atoms with Gasteiger partial charge in [-0.25, -0.2) is 4.39 Å². The highest BCUT2D eigenvalue weighted by Crippen LogP contribution is 2.27. The Bertz CT molecular complexity index is 1020. The summed E-state index contributed by atoms with van der Waals surface area (Å²) in [6.07, 6.45) is 1.87. The van der Waals surface area contributed by atoms with Crippen LogP contribution in [0.1, 0.15) is 35.5 Å². The van der Waals surface area contributed by atoms with Gasteiger partial charge in [-0.1, -0.05) is 25.5 Å². The quantitative estimate of drug-likeness (QED) is 0.485. The summed E-state index contributed by atoms with van der Waals surface area (Å²) in [5.41, 5.74) is 2.49. The molecule has 140 valence electrons. The van der Waals surface area contributed by atoms with Crippen molar-refractivity contribution in [1.82, 2.24) is 4.57 Å². The summed E-state index contributed by atoms with van der Waals surface area (Å²) in [4.78, 5) is 18.9. The van der Waals surface area contributed by atoms with Gasteiger partial charge < -0.3 is 4.57 Å². The average Bonchev–Trinajstić information content (AvgIpc) is 3.00. The molecule has 0 saturated heterocycles. The number of halogens is 2. The maximum atomic E-state index is 13.4. The summed E-state index contributed by atoms with van der Waals surface area (Å²) in [5, 5.41) is 0. The molecule has 0 saturated carbocycles. The summed E-state index contributed by atoms with van der Waals surface area (Å²) in [6, 6.07) is 13.8. The van der Waals surface area contributed by atoms with Crippen LogP contribution in [0.15, 0.2) is 58.0 Å². The first-order valence-electron chi connectivity index (χ1n) is 8.87. The minimum atomic E-state index is -0.278. The highest BCUT2D eigenvalue weighted by molar-refractivity contribution is 9.10. The molecule has 0 aliphatic heterocycles. The topological polar surface area (TPSA) is 34.4 Å². The van der Waals surface area contributed by atoms with Gasteiger partial charge in [0.1, 0.15) is 5.82 Å². The van der Waals surface area contributed by atoms with Gasteiger partial charge >= 0.3 is 0 Å². The third-order valence-electron chi connectivity index (χ3n) is 4.19. The highest BCUT2D eigenvalue weighted by Gasteiger charge is 2.16. The van der Waals surface area contributed by atoms with Gasteiger partial charge in [0.2, 0.25) is 0 Å². The number of hydrogen-bond donors (Lipinski definition) is 0. The van der Waals surface area contributed by atoms with Gasteiger partial charge in [-0.3, -0.25) is 4.79 Å². The number of carbonyl (C=O) groups is 1. The second-order valence-corrected chi connectivity index (χ2v) is 7.97. The molecule has 0 aliphatic rings. The summed E-state index contributed by atoms with van der Waals surface area (Å²) in [7, 11) is 0. The largest absolute Gasteiger partial charge is 0.316 e. The van der Waals surface area contributed by atoms with Gasteiger partial charge in [0.25, 0.3) is 5.91 Å². The van der Waals surface area contributed by atoms with Crippen LogP contribution in [0, 0.1) is 5.82 Å². The SMILES string of the molecule is CCCc1sc(=NC(=O)c2ccccc2Br)n(CC)c1-c1ccc(F)cc1. The number of rotatable bonds is 5. The second-order valence-electron chi connectivity index (χ2n) is 6.05. The Balaban J connectivity index is 2.16. The van der Waals surface area contributed by atoms with Crippen LogP contribution < -0.4 is 4.80 Å². The standard InChI is InChI=1S/C21H20BrFN2OS/c1-3-7-18-19(14-10-12-15(23)13-11-14)25(4-2)21(27-18)24-20(26)16-8-5-6-9-17(16)22/h5-6,8-13H,3-4,7H2,1-2H3. The van der Waals surface area contributed by atoms with Gasteiger partial charge in [-0.05, 0) is 71.2 Å². The van der Waals surface area contributed by atoms with Crippen LogP contribution in [0.4, 0.5) is 4.39 Å². The Hall–Kier alpha value is -2.05. The van der Waals surface area contributed by atoms with Crippen molar-refractivity contribution in [2.24, 2.45) is 4.99 Å². The van der Waals surface area contributed by atoms with Gasteiger partial charge in [-0.15, -0.1) is 11.3 Å². The van der Waals surface area contributed by atoms with Crippen LogP contribution >= 0.6 is 27.3 Å².